The van der Waals surface area contributed by atoms with Gasteiger partial charge in [0.15, 0.2) is 0 Å². The van der Waals surface area contributed by atoms with Gasteiger partial charge in [0.2, 0.25) is 0 Å². The van der Waals surface area contributed by atoms with Crippen molar-refractivity contribution in [2.45, 2.75) is 6.10 Å². The van der Waals surface area contributed by atoms with E-state index in [4.69, 9.17) is 0 Å². The predicted molar refractivity (Wildman–Crippen MR) is 73.5 cm³/mol. The summed E-state index contributed by atoms with van der Waals surface area (Å²) in [5, 5.41) is 23.5. The second kappa shape index (κ2) is 4.41. The molecule has 0 saturated heterocycles. The van der Waals surface area contributed by atoms with Crippen molar-refractivity contribution < 1.29 is 10.2 Å². The SMILES string of the molecule is OCC(O)c1c2ccccc2cc2ccccc12. The van der Waals surface area contributed by atoms with Gasteiger partial charge < -0.3 is 10.2 Å². The largest absolute Gasteiger partial charge is 0.393 e. The summed E-state index contributed by atoms with van der Waals surface area (Å²) in [5.41, 5.74) is 0.811. The van der Waals surface area contributed by atoms with Gasteiger partial charge in [-0.3, -0.25) is 0 Å². The van der Waals surface area contributed by atoms with E-state index in [1.165, 1.54) is 0 Å². The molecule has 0 bridgehead atoms. The van der Waals surface area contributed by atoms with Crippen LogP contribution in [0, 0.1) is 0 Å². The van der Waals surface area contributed by atoms with E-state index in [0.29, 0.717) is 0 Å². The summed E-state index contributed by atoms with van der Waals surface area (Å²) >= 11 is 0. The summed E-state index contributed by atoms with van der Waals surface area (Å²) in [5.74, 6) is 0. The molecule has 2 N–H and O–H groups in total. The van der Waals surface area contributed by atoms with E-state index in [0.717, 1.165) is 27.1 Å². The maximum absolute atomic E-state index is 10.1. The highest BCUT2D eigenvalue weighted by Crippen LogP contribution is 2.32. The molecule has 3 aromatic carbocycles. The standard InChI is InChI=1S/C16H14O2/c17-10-15(18)16-13-7-3-1-5-11(13)9-12-6-2-4-8-14(12)16/h1-9,15,17-18H,10H2. The van der Waals surface area contributed by atoms with E-state index in [1.807, 2.05) is 48.5 Å². The molecule has 0 aromatic heterocycles. The fraction of sp³-hybridized carbons (Fsp3) is 0.125. The molecule has 2 heteroatoms. The van der Waals surface area contributed by atoms with Crippen LogP contribution in [0.15, 0.2) is 54.6 Å². The first-order valence-corrected chi connectivity index (χ1v) is 6.00. The topological polar surface area (TPSA) is 40.5 Å². The molecule has 0 amide bonds. The highest BCUT2D eigenvalue weighted by Gasteiger charge is 2.14. The van der Waals surface area contributed by atoms with Crippen molar-refractivity contribution in [3.63, 3.8) is 0 Å². The lowest BCUT2D eigenvalue weighted by Crippen LogP contribution is -2.04. The Morgan fingerprint density at radius 3 is 1.83 bits per heavy atom. The second-order valence-electron chi connectivity index (χ2n) is 4.43. The summed E-state index contributed by atoms with van der Waals surface area (Å²) in [4.78, 5) is 0. The van der Waals surface area contributed by atoms with Gasteiger partial charge in [0.05, 0.1) is 6.61 Å². The van der Waals surface area contributed by atoms with Crippen LogP contribution in [0.4, 0.5) is 0 Å². The van der Waals surface area contributed by atoms with E-state index in [9.17, 15) is 10.2 Å². The molecule has 0 spiro atoms. The van der Waals surface area contributed by atoms with Crippen LogP contribution in [0.2, 0.25) is 0 Å². The lowest BCUT2D eigenvalue weighted by Gasteiger charge is -2.15. The average Bonchev–Trinajstić information content (AvgIpc) is 2.44. The molecule has 2 nitrogen and oxygen atoms in total. The third-order valence-electron chi connectivity index (χ3n) is 3.32. The van der Waals surface area contributed by atoms with Crippen molar-refractivity contribution >= 4 is 21.5 Å². The number of aliphatic hydroxyl groups excluding tert-OH is 2. The number of benzene rings is 3. The van der Waals surface area contributed by atoms with Crippen LogP contribution in [0.25, 0.3) is 21.5 Å². The smallest absolute Gasteiger partial charge is 0.103 e. The van der Waals surface area contributed by atoms with Gasteiger partial charge in [-0.15, -0.1) is 0 Å². The van der Waals surface area contributed by atoms with Gasteiger partial charge in [-0.05, 0) is 33.2 Å². The lowest BCUT2D eigenvalue weighted by molar-refractivity contribution is 0.0978. The Hall–Kier alpha value is -1.90. The highest BCUT2D eigenvalue weighted by atomic mass is 16.3. The first-order chi connectivity index (χ1) is 8.81. The molecule has 0 saturated carbocycles. The first kappa shape index (κ1) is 11.2. The highest BCUT2D eigenvalue weighted by molar-refractivity contribution is 6.02. The fourth-order valence-electron chi connectivity index (χ4n) is 2.50. The van der Waals surface area contributed by atoms with Gasteiger partial charge in [-0.1, -0.05) is 48.5 Å². The summed E-state index contributed by atoms with van der Waals surface area (Å²) in [6.07, 6.45) is -0.846. The molecule has 3 rings (SSSR count). The van der Waals surface area contributed by atoms with Crippen molar-refractivity contribution in [1.82, 2.24) is 0 Å². The van der Waals surface area contributed by atoms with E-state index >= 15 is 0 Å². The summed E-state index contributed by atoms with van der Waals surface area (Å²) in [6.45, 7) is -0.266. The zero-order valence-corrected chi connectivity index (χ0v) is 9.88. The molecule has 0 aliphatic heterocycles. The van der Waals surface area contributed by atoms with E-state index < -0.39 is 6.10 Å². The molecular weight excluding hydrogens is 224 g/mol. The number of fused-ring (bicyclic) bond motifs is 2. The van der Waals surface area contributed by atoms with Gasteiger partial charge in [0.25, 0.3) is 0 Å². The number of hydrogen-bond donors (Lipinski definition) is 2. The Kier molecular flexibility index (Phi) is 2.74. The van der Waals surface area contributed by atoms with Crippen LogP contribution in [0.1, 0.15) is 11.7 Å². The molecule has 3 aromatic rings. The Morgan fingerprint density at radius 2 is 1.33 bits per heavy atom. The lowest BCUT2D eigenvalue weighted by atomic mass is 9.94. The number of aliphatic hydroxyl groups is 2. The number of rotatable bonds is 2. The third-order valence-corrected chi connectivity index (χ3v) is 3.32. The summed E-state index contributed by atoms with van der Waals surface area (Å²) in [6, 6.07) is 18.0. The van der Waals surface area contributed by atoms with E-state index in [-0.39, 0.29) is 6.61 Å². The van der Waals surface area contributed by atoms with Gasteiger partial charge in [-0.25, -0.2) is 0 Å². The van der Waals surface area contributed by atoms with Gasteiger partial charge in [-0.2, -0.15) is 0 Å². The van der Waals surface area contributed by atoms with Gasteiger partial charge >= 0.3 is 0 Å². The Morgan fingerprint density at radius 1 is 0.833 bits per heavy atom. The molecule has 0 heterocycles. The molecular formula is C16H14O2. The third kappa shape index (κ3) is 1.67. The van der Waals surface area contributed by atoms with Crippen LogP contribution in [0.5, 0.6) is 0 Å². The fourth-order valence-corrected chi connectivity index (χ4v) is 2.50. The maximum Gasteiger partial charge on any atom is 0.103 e. The zero-order chi connectivity index (χ0) is 12.5. The minimum atomic E-state index is -0.846. The molecule has 18 heavy (non-hydrogen) atoms. The zero-order valence-electron chi connectivity index (χ0n) is 9.88. The van der Waals surface area contributed by atoms with Crippen molar-refractivity contribution in [3.05, 3.63) is 60.2 Å². The summed E-state index contributed by atoms with van der Waals surface area (Å²) in [7, 11) is 0. The van der Waals surface area contributed by atoms with E-state index in [2.05, 4.69) is 6.07 Å². The maximum atomic E-state index is 10.1. The van der Waals surface area contributed by atoms with Crippen LogP contribution in [-0.4, -0.2) is 16.8 Å². The van der Waals surface area contributed by atoms with Crippen molar-refractivity contribution in [2.24, 2.45) is 0 Å². The average molecular weight is 238 g/mol. The van der Waals surface area contributed by atoms with Crippen molar-refractivity contribution in [2.75, 3.05) is 6.61 Å². The second-order valence-corrected chi connectivity index (χ2v) is 4.43. The van der Waals surface area contributed by atoms with Crippen molar-refractivity contribution in [1.29, 1.82) is 0 Å². The molecule has 0 aliphatic rings. The van der Waals surface area contributed by atoms with Gasteiger partial charge in [0.1, 0.15) is 6.10 Å². The number of hydrogen-bond acceptors (Lipinski definition) is 2. The minimum absolute atomic E-state index is 0.266. The Balaban J connectivity index is 2.49. The normalized spacial score (nSPS) is 13.0. The van der Waals surface area contributed by atoms with Gasteiger partial charge in [0, 0.05) is 0 Å². The predicted octanol–water partition coefficient (Wildman–Crippen LogP) is 3.02. The van der Waals surface area contributed by atoms with Crippen LogP contribution in [0.3, 0.4) is 0 Å². The monoisotopic (exact) mass is 238 g/mol. The quantitative estimate of drug-likeness (QED) is 0.674. The van der Waals surface area contributed by atoms with Crippen LogP contribution < -0.4 is 0 Å². The molecule has 1 unspecified atom stereocenters. The molecule has 1 atom stereocenters. The molecule has 0 radical (unpaired) electrons. The first-order valence-electron chi connectivity index (χ1n) is 6.00. The molecule has 0 fully saturated rings. The molecule has 0 aliphatic carbocycles. The Bertz CT molecular complexity index is 650. The summed E-state index contributed by atoms with van der Waals surface area (Å²) < 4.78 is 0. The van der Waals surface area contributed by atoms with Crippen LogP contribution in [-0.2, 0) is 0 Å². The van der Waals surface area contributed by atoms with E-state index in [1.54, 1.807) is 0 Å². The minimum Gasteiger partial charge on any atom is -0.393 e. The van der Waals surface area contributed by atoms with Crippen molar-refractivity contribution in [3.8, 4) is 0 Å². The molecule has 90 valence electrons. The Labute approximate surface area is 105 Å². The van der Waals surface area contributed by atoms with Crippen LogP contribution >= 0.6 is 0 Å².